The van der Waals surface area contributed by atoms with Gasteiger partial charge in [0.05, 0.1) is 0 Å². The maximum atomic E-state index is 8.97. The Labute approximate surface area is 138 Å². The molecular weight excluding hydrogens is 310 g/mol. The third-order valence-corrected chi connectivity index (χ3v) is 5.23. The molecule has 2 heterocycles. The molecule has 2 aromatic rings. The van der Waals surface area contributed by atoms with E-state index in [9.17, 15) is 0 Å². The van der Waals surface area contributed by atoms with Crippen LogP contribution in [0.1, 0.15) is 38.5 Å². The molecule has 1 aliphatic carbocycles. The maximum absolute atomic E-state index is 8.97. The molecule has 1 aliphatic rings. The molecule has 120 valence electrons. The summed E-state index contributed by atoms with van der Waals surface area (Å²) in [6.07, 6.45) is 2.47. The van der Waals surface area contributed by atoms with E-state index in [1.54, 1.807) is 17.5 Å². The number of fused-ring (bicyclic) bond motifs is 1. The molecule has 0 aliphatic heterocycles. The zero-order valence-corrected chi connectivity index (χ0v) is 13.8. The second-order valence-electron chi connectivity index (χ2n) is 5.68. The Bertz CT molecular complexity index is 783. The van der Waals surface area contributed by atoms with Gasteiger partial charge in [0.25, 0.3) is 0 Å². The number of hydrogen-bond donors (Lipinski definition) is 4. The number of nitrogens with one attached hydrogen (secondary N) is 2. The van der Waals surface area contributed by atoms with Crippen LogP contribution in [-0.2, 0) is 6.42 Å². The Morgan fingerprint density at radius 1 is 1.43 bits per heavy atom. The number of thiophene rings is 1. The Morgan fingerprint density at radius 2 is 2.22 bits per heavy atom. The summed E-state index contributed by atoms with van der Waals surface area (Å²) in [7, 11) is 0. The first-order valence-electron chi connectivity index (χ1n) is 7.33. The number of rotatable bonds is 2. The average Bonchev–Trinajstić information content (AvgIpc) is 2.96. The van der Waals surface area contributed by atoms with Crippen molar-refractivity contribution in [3.63, 3.8) is 0 Å². The molecule has 0 bridgehead atoms. The predicted octanol–water partition coefficient (Wildman–Crippen LogP) is 2.45. The molecule has 0 amide bonds. The molecule has 0 saturated carbocycles. The van der Waals surface area contributed by atoms with Gasteiger partial charge in [0, 0.05) is 45.3 Å². The van der Waals surface area contributed by atoms with Gasteiger partial charge in [-0.2, -0.15) is 0 Å². The minimum absolute atomic E-state index is 0.0595. The summed E-state index contributed by atoms with van der Waals surface area (Å²) in [5, 5.41) is 17.6. The number of nitrogens with zero attached hydrogens (tertiary/aromatic N) is 2. The SMILES string of the molecule is Cc1ccc(C2Cc3nccc(C)c3C(N=C(N)NO)C2=N)s1. The van der Waals surface area contributed by atoms with Crippen molar-refractivity contribution in [1.82, 2.24) is 10.5 Å². The van der Waals surface area contributed by atoms with Gasteiger partial charge in [-0.1, -0.05) is 0 Å². The van der Waals surface area contributed by atoms with Crippen LogP contribution in [-0.4, -0.2) is 21.9 Å². The lowest BCUT2D eigenvalue weighted by molar-refractivity contribution is 0.232. The lowest BCUT2D eigenvalue weighted by atomic mass is 9.79. The molecule has 0 radical (unpaired) electrons. The van der Waals surface area contributed by atoms with Gasteiger partial charge in [-0.15, -0.1) is 11.3 Å². The van der Waals surface area contributed by atoms with Crippen molar-refractivity contribution in [2.75, 3.05) is 0 Å². The van der Waals surface area contributed by atoms with Crippen molar-refractivity contribution in [2.24, 2.45) is 10.7 Å². The molecule has 2 atom stereocenters. The van der Waals surface area contributed by atoms with Crippen molar-refractivity contribution in [2.45, 2.75) is 32.2 Å². The maximum Gasteiger partial charge on any atom is 0.213 e. The molecule has 2 unspecified atom stereocenters. The lowest BCUT2D eigenvalue weighted by Crippen LogP contribution is -2.33. The van der Waals surface area contributed by atoms with Crippen LogP contribution in [0.5, 0.6) is 0 Å². The smallest absolute Gasteiger partial charge is 0.213 e. The normalized spacial score (nSPS) is 21.2. The van der Waals surface area contributed by atoms with Gasteiger partial charge in [-0.25, -0.2) is 10.5 Å². The van der Waals surface area contributed by atoms with E-state index in [4.69, 9.17) is 16.4 Å². The lowest BCUT2D eigenvalue weighted by Gasteiger charge is -2.30. The third-order valence-electron chi connectivity index (χ3n) is 4.12. The van der Waals surface area contributed by atoms with Crippen LogP contribution >= 0.6 is 11.3 Å². The highest BCUT2D eigenvalue weighted by atomic mass is 32.1. The summed E-state index contributed by atoms with van der Waals surface area (Å²) in [6, 6.07) is 5.51. The van der Waals surface area contributed by atoms with E-state index in [0.29, 0.717) is 12.1 Å². The fourth-order valence-corrected chi connectivity index (χ4v) is 4.00. The van der Waals surface area contributed by atoms with Crippen LogP contribution in [0.15, 0.2) is 29.4 Å². The standard InChI is InChI=1S/C16H19N5OS/c1-8-5-6-19-11-7-10(12-4-3-9(2)23-12)14(17)15(13(8)11)20-16(18)21-22/h3-6,10,15,17,22H,7H2,1-2H3,(H3,18,20,21). The number of hydroxylamine groups is 1. The Balaban J connectivity index is 2.11. The minimum Gasteiger partial charge on any atom is -0.368 e. The molecule has 7 heteroatoms. The number of aryl methyl sites for hydroxylation is 2. The molecule has 23 heavy (non-hydrogen) atoms. The number of hydrogen-bond acceptors (Lipinski definition) is 5. The highest BCUT2D eigenvalue weighted by Gasteiger charge is 2.35. The number of nitrogens with two attached hydrogens (primary N) is 1. The summed E-state index contributed by atoms with van der Waals surface area (Å²) >= 11 is 1.69. The Hall–Kier alpha value is -2.25. The molecule has 5 N–H and O–H groups in total. The van der Waals surface area contributed by atoms with Crippen LogP contribution in [0, 0.1) is 19.3 Å². The van der Waals surface area contributed by atoms with Crippen LogP contribution in [0.2, 0.25) is 0 Å². The Kier molecular flexibility index (Phi) is 4.14. The second-order valence-corrected chi connectivity index (χ2v) is 7.00. The van der Waals surface area contributed by atoms with E-state index < -0.39 is 6.04 Å². The Morgan fingerprint density at radius 3 is 2.87 bits per heavy atom. The minimum atomic E-state index is -0.528. The summed E-state index contributed by atoms with van der Waals surface area (Å²) in [5.41, 5.74) is 10.9. The number of guanidine groups is 1. The van der Waals surface area contributed by atoms with Gasteiger partial charge in [0.1, 0.15) is 6.04 Å². The van der Waals surface area contributed by atoms with Crippen LogP contribution in [0.4, 0.5) is 0 Å². The number of aromatic nitrogens is 1. The van der Waals surface area contributed by atoms with Crippen molar-refractivity contribution >= 4 is 23.0 Å². The summed E-state index contributed by atoms with van der Waals surface area (Å²) in [5.74, 6) is -0.160. The van der Waals surface area contributed by atoms with Gasteiger partial charge in [0.15, 0.2) is 0 Å². The quantitative estimate of drug-likeness (QED) is 0.385. The molecule has 0 spiro atoms. The molecule has 0 fully saturated rings. The molecular formula is C16H19N5OS. The van der Waals surface area contributed by atoms with E-state index in [1.165, 1.54) is 4.88 Å². The van der Waals surface area contributed by atoms with Crippen LogP contribution in [0.25, 0.3) is 0 Å². The van der Waals surface area contributed by atoms with Gasteiger partial charge >= 0.3 is 0 Å². The van der Waals surface area contributed by atoms with E-state index in [1.807, 2.05) is 18.5 Å². The zero-order chi connectivity index (χ0) is 16.6. The van der Waals surface area contributed by atoms with Gasteiger partial charge < -0.3 is 11.1 Å². The molecule has 3 rings (SSSR count). The van der Waals surface area contributed by atoms with E-state index in [0.717, 1.165) is 21.7 Å². The van der Waals surface area contributed by atoms with Crippen molar-refractivity contribution in [3.8, 4) is 0 Å². The topological polar surface area (TPSA) is 107 Å². The number of aliphatic imine (C=N–C) groups is 1. The van der Waals surface area contributed by atoms with E-state index in [-0.39, 0.29) is 11.9 Å². The number of pyridine rings is 1. The summed E-state index contributed by atoms with van der Waals surface area (Å²) < 4.78 is 0. The second kappa shape index (κ2) is 6.10. The summed E-state index contributed by atoms with van der Waals surface area (Å²) in [4.78, 5) is 11.1. The van der Waals surface area contributed by atoms with Gasteiger partial charge in [-0.05, 0) is 37.6 Å². The van der Waals surface area contributed by atoms with E-state index in [2.05, 4.69) is 29.0 Å². The third kappa shape index (κ3) is 2.85. The van der Waals surface area contributed by atoms with Crippen molar-refractivity contribution < 1.29 is 5.21 Å². The van der Waals surface area contributed by atoms with Crippen molar-refractivity contribution in [1.29, 1.82) is 5.41 Å². The predicted molar refractivity (Wildman–Crippen MR) is 91.5 cm³/mol. The zero-order valence-electron chi connectivity index (χ0n) is 13.0. The largest absolute Gasteiger partial charge is 0.368 e. The van der Waals surface area contributed by atoms with Crippen LogP contribution < -0.4 is 11.2 Å². The van der Waals surface area contributed by atoms with Gasteiger partial charge in [-0.3, -0.25) is 10.2 Å². The highest BCUT2D eigenvalue weighted by Crippen LogP contribution is 2.40. The van der Waals surface area contributed by atoms with Crippen LogP contribution in [0.3, 0.4) is 0 Å². The van der Waals surface area contributed by atoms with E-state index >= 15 is 0 Å². The molecule has 6 nitrogen and oxygen atoms in total. The van der Waals surface area contributed by atoms with Gasteiger partial charge in [0.2, 0.25) is 5.96 Å². The van der Waals surface area contributed by atoms with Crippen molar-refractivity contribution in [3.05, 3.63) is 51.0 Å². The molecule has 0 aromatic carbocycles. The first-order valence-corrected chi connectivity index (χ1v) is 8.15. The molecule has 0 saturated heterocycles. The fourth-order valence-electron chi connectivity index (χ4n) is 3.01. The monoisotopic (exact) mass is 329 g/mol. The highest BCUT2D eigenvalue weighted by molar-refractivity contribution is 7.12. The first-order chi connectivity index (χ1) is 11.0. The average molecular weight is 329 g/mol. The fraction of sp³-hybridized carbons (Fsp3) is 0.312. The molecule has 2 aromatic heterocycles. The summed E-state index contributed by atoms with van der Waals surface area (Å²) in [6.45, 7) is 4.04. The first kappa shape index (κ1) is 15.6.